The molecule has 2 aromatic rings. The maximum Gasteiger partial charge on any atom is 0.0884 e. The molecule has 0 aromatic carbocycles. The first-order chi connectivity index (χ1) is 15.5. The molecular formula is C27H47IN2O2Sn. The minimum atomic E-state index is -2.28. The van der Waals surface area contributed by atoms with Gasteiger partial charge in [0.1, 0.15) is 0 Å². The summed E-state index contributed by atoms with van der Waals surface area (Å²) in [5.41, 5.74) is 2.10. The van der Waals surface area contributed by atoms with Crippen LogP contribution in [0.3, 0.4) is 0 Å². The second-order valence-electron chi connectivity index (χ2n) is 8.46. The largest absolute Gasteiger partial charge is 0.378 e. The predicted octanol–water partition coefficient (Wildman–Crippen LogP) is 7.75. The summed E-state index contributed by atoms with van der Waals surface area (Å²) in [5.74, 6) is 0. The van der Waals surface area contributed by atoms with E-state index in [2.05, 4.69) is 65.5 Å². The third kappa shape index (κ3) is 12.9. The number of aromatic nitrogens is 2. The zero-order chi connectivity index (χ0) is 23.7. The number of unbranched alkanes of at least 4 members (excludes halogenated alkanes) is 3. The number of ether oxygens (including phenoxy) is 2. The monoisotopic (exact) mass is 678 g/mol. The molecule has 0 aliphatic carbocycles. The van der Waals surface area contributed by atoms with Gasteiger partial charge in [0.05, 0.1) is 12.3 Å². The molecule has 0 aliphatic rings. The van der Waals surface area contributed by atoms with Crippen molar-refractivity contribution in [2.24, 2.45) is 0 Å². The van der Waals surface area contributed by atoms with Crippen molar-refractivity contribution in [1.29, 1.82) is 0 Å². The third-order valence-electron chi connectivity index (χ3n) is 5.82. The van der Waals surface area contributed by atoms with E-state index in [0.29, 0.717) is 13.2 Å². The summed E-state index contributed by atoms with van der Waals surface area (Å²) in [6.07, 6.45) is 12.0. The Labute approximate surface area is 221 Å². The first-order valence-electron chi connectivity index (χ1n) is 12.1. The Bertz CT molecular complexity index is 724. The van der Waals surface area contributed by atoms with Crippen LogP contribution in [0, 0.1) is 3.57 Å². The minimum absolute atomic E-state index is 0. The molecule has 33 heavy (non-hydrogen) atoms. The smallest absolute Gasteiger partial charge is 0.0884 e. The summed E-state index contributed by atoms with van der Waals surface area (Å²) in [6.45, 7) is 8.24. The van der Waals surface area contributed by atoms with Crippen molar-refractivity contribution in [3.8, 4) is 0 Å². The van der Waals surface area contributed by atoms with Crippen LogP contribution >= 0.6 is 22.6 Å². The molecule has 0 saturated heterocycles. The molecule has 0 amide bonds. The molecule has 0 unspecified atom stereocenters. The number of hydrogen-bond donors (Lipinski definition) is 0. The van der Waals surface area contributed by atoms with Gasteiger partial charge in [-0.15, -0.1) is 0 Å². The molecule has 2 aromatic heterocycles. The maximum absolute atomic E-state index is 5.30. The molecule has 4 nitrogen and oxygen atoms in total. The van der Waals surface area contributed by atoms with Crippen molar-refractivity contribution in [2.45, 2.75) is 93.2 Å². The predicted molar refractivity (Wildman–Crippen MR) is 154 cm³/mol. The van der Waals surface area contributed by atoms with Crippen LogP contribution in [0.15, 0.2) is 36.7 Å². The quantitative estimate of drug-likeness (QED) is 0.152. The van der Waals surface area contributed by atoms with Crippen LogP contribution in [0.4, 0.5) is 0 Å². The number of halogens is 1. The molecule has 0 bridgehead atoms. The van der Waals surface area contributed by atoms with E-state index in [0.717, 1.165) is 11.4 Å². The zero-order valence-corrected chi connectivity index (χ0v) is 25.8. The Kier molecular flexibility index (Phi) is 19.8. The summed E-state index contributed by atoms with van der Waals surface area (Å²) in [4.78, 5) is 8.59. The van der Waals surface area contributed by atoms with Crippen LogP contribution < -0.4 is 3.58 Å². The summed E-state index contributed by atoms with van der Waals surface area (Å²) >= 11 is -0.0274. The van der Waals surface area contributed by atoms with Crippen molar-refractivity contribution >= 4 is 44.5 Å². The van der Waals surface area contributed by atoms with Gasteiger partial charge in [-0.1, -0.05) is 7.43 Å². The van der Waals surface area contributed by atoms with E-state index >= 15 is 0 Å². The van der Waals surface area contributed by atoms with Gasteiger partial charge >= 0.3 is 142 Å². The standard InChI is InChI=1S/C7H8INO.C7H8NO.3C4H9.CH4.Sn/c1-10-5-7-4-6(8)2-3-9-7;1-9-6-7-4-2-3-5-8-7;3*1-3-4-2;;/h2-4H,5H2,1H3;3-5H,6H2,1H3;3*1,3-4H2,2H3;1H4;. The van der Waals surface area contributed by atoms with Crippen LogP contribution in [0.5, 0.6) is 0 Å². The van der Waals surface area contributed by atoms with Crippen molar-refractivity contribution in [1.82, 2.24) is 9.97 Å². The van der Waals surface area contributed by atoms with E-state index in [9.17, 15) is 0 Å². The third-order valence-corrected chi connectivity index (χ3v) is 22.1. The van der Waals surface area contributed by atoms with Gasteiger partial charge in [0.25, 0.3) is 0 Å². The molecule has 2 rings (SSSR count). The van der Waals surface area contributed by atoms with Gasteiger partial charge in [-0.2, -0.15) is 0 Å². The second kappa shape index (κ2) is 20.0. The van der Waals surface area contributed by atoms with Crippen molar-refractivity contribution < 1.29 is 9.47 Å². The molecule has 6 heteroatoms. The average Bonchev–Trinajstić information content (AvgIpc) is 2.80. The minimum Gasteiger partial charge on any atom is -0.378 e. The Morgan fingerprint density at radius 2 is 1.21 bits per heavy atom. The fraction of sp³-hybridized carbons (Fsp3) is 0.630. The molecular weight excluding hydrogens is 630 g/mol. The van der Waals surface area contributed by atoms with Gasteiger partial charge in [0, 0.05) is 16.9 Å². The van der Waals surface area contributed by atoms with Gasteiger partial charge < -0.3 is 4.74 Å². The summed E-state index contributed by atoms with van der Waals surface area (Å²) in [5, 5.41) is 0. The molecule has 0 fully saturated rings. The van der Waals surface area contributed by atoms with E-state index in [-0.39, 0.29) is 7.43 Å². The molecule has 188 valence electrons. The second-order valence-corrected chi connectivity index (χ2v) is 22.9. The topological polar surface area (TPSA) is 44.2 Å². The molecule has 0 aliphatic heterocycles. The number of rotatable bonds is 14. The Morgan fingerprint density at radius 3 is 1.64 bits per heavy atom. The summed E-state index contributed by atoms with van der Waals surface area (Å²) in [6, 6.07) is 8.69. The van der Waals surface area contributed by atoms with Crippen molar-refractivity contribution in [3.05, 3.63) is 51.6 Å². The van der Waals surface area contributed by atoms with Crippen LogP contribution in [-0.4, -0.2) is 42.6 Å². The number of hydrogen-bond acceptors (Lipinski definition) is 4. The summed E-state index contributed by atoms with van der Waals surface area (Å²) < 4.78 is 17.7. The normalized spacial score (nSPS) is 10.8. The van der Waals surface area contributed by atoms with E-state index in [4.69, 9.17) is 9.47 Å². The van der Waals surface area contributed by atoms with Gasteiger partial charge in [-0.3, -0.25) is 4.98 Å². The van der Waals surface area contributed by atoms with Crippen LogP contribution in [0.1, 0.15) is 78.1 Å². The average molecular weight is 677 g/mol. The van der Waals surface area contributed by atoms with E-state index < -0.39 is 18.4 Å². The van der Waals surface area contributed by atoms with Gasteiger partial charge in [-0.25, -0.2) is 0 Å². The van der Waals surface area contributed by atoms with Gasteiger partial charge in [0.2, 0.25) is 0 Å². The fourth-order valence-corrected chi connectivity index (χ4v) is 20.6. The Balaban J connectivity index is 0.000000779. The Hall–Kier alpha value is -0.251. The molecule has 2 heterocycles. The number of methoxy groups -OCH3 is 2. The van der Waals surface area contributed by atoms with Crippen LogP contribution in [0.25, 0.3) is 0 Å². The molecule has 0 saturated carbocycles. The Morgan fingerprint density at radius 1 is 0.758 bits per heavy atom. The molecule has 0 radical (unpaired) electrons. The molecule has 0 spiro atoms. The van der Waals surface area contributed by atoms with E-state index in [1.54, 1.807) is 24.0 Å². The SMILES string of the molecule is C.CCC[CH2][Sn]([CH2]CCC)([CH2]CCC)[c]1ccnc(COC)c1.COCc1cc(I)ccn1. The molecule has 0 N–H and O–H groups in total. The van der Waals surface area contributed by atoms with Crippen LogP contribution in [0.2, 0.25) is 13.3 Å². The molecule has 0 atom stereocenters. The fourth-order valence-electron chi connectivity index (χ4n) is 4.06. The zero-order valence-electron chi connectivity index (χ0n) is 20.8. The van der Waals surface area contributed by atoms with Gasteiger partial charge in [0.15, 0.2) is 0 Å². The van der Waals surface area contributed by atoms with Crippen molar-refractivity contribution in [3.63, 3.8) is 0 Å². The van der Waals surface area contributed by atoms with E-state index in [1.165, 1.54) is 55.4 Å². The van der Waals surface area contributed by atoms with Crippen LogP contribution in [-0.2, 0) is 22.7 Å². The van der Waals surface area contributed by atoms with E-state index in [1.807, 2.05) is 18.3 Å². The van der Waals surface area contributed by atoms with Crippen molar-refractivity contribution in [2.75, 3.05) is 14.2 Å². The first-order valence-corrected chi connectivity index (χ1v) is 20.6. The maximum atomic E-state index is 5.30. The number of pyridine rings is 2. The summed E-state index contributed by atoms with van der Waals surface area (Å²) in [7, 11) is 3.43. The number of nitrogens with zero attached hydrogens (tertiary/aromatic N) is 2. The van der Waals surface area contributed by atoms with Gasteiger partial charge in [-0.05, 0) is 34.7 Å². The first kappa shape index (κ1) is 32.7.